The molecule has 3 N–H and O–H groups in total. The quantitative estimate of drug-likeness (QED) is 0.622. The van der Waals surface area contributed by atoms with Gasteiger partial charge in [-0.2, -0.15) is 0 Å². The van der Waals surface area contributed by atoms with Crippen molar-refractivity contribution >= 4 is 0 Å². The van der Waals surface area contributed by atoms with Crippen molar-refractivity contribution in [2.24, 2.45) is 11.7 Å². The lowest BCUT2D eigenvalue weighted by atomic mass is 9.89. The maximum Gasteiger partial charge on any atom is 0.0241 e. The van der Waals surface area contributed by atoms with E-state index in [0.717, 1.165) is 25.6 Å². The minimum absolute atomic E-state index is 0.576. The number of likely N-dealkylation sites (N-methyl/N-ethyl adjacent to an activating group) is 1. The second-order valence-corrected chi connectivity index (χ2v) is 3.85. The van der Waals surface area contributed by atoms with Crippen molar-refractivity contribution in [2.75, 3.05) is 33.7 Å². The highest BCUT2D eigenvalue weighted by molar-refractivity contribution is 4.80. The number of hydrogen-bond acceptors (Lipinski definition) is 3. The van der Waals surface area contributed by atoms with E-state index in [1.807, 2.05) is 0 Å². The Bertz CT molecular complexity index is 119. The molecule has 72 valence electrons. The van der Waals surface area contributed by atoms with Crippen LogP contribution in [-0.2, 0) is 0 Å². The summed E-state index contributed by atoms with van der Waals surface area (Å²) in [7, 11) is 4.25. The highest BCUT2D eigenvalue weighted by Gasteiger charge is 2.23. The van der Waals surface area contributed by atoms with Crippen molar-refractivity contribution in [3.63, 3.8) is 0 Å². The molecule has 1 aliphatic rings. The molecule has 0 aromatic rings. The fraction of sp³-hybridized carbons (Fsp3) is 1.00. The summed E-state index contributed by atoms with van der Waals surface area (Å²) in [5.41, 5.74) is 5.74. The molecule has 1 fully saturated rings. The summed E-state index contributed by atoms with van der Waals surface area (Å²) in [6.07, 6.45) is 2.56. The molecule has 1 saturated heterocycles. The third-order valence-electron chi connectivity index (χ3n) is 2.83. The molecule has 0 aromatic heterocycles. The zero-order valence-corrected chi connectivity index (χ0v) is 8.21. The molecule has 0 spiro atoms. The first-order valence-corrected chi connectivity index (χ1v) is 4.83. The van der Waals surface area contributed by atoms with Crippen molar-refractivity contribution in [1.82, 2.24) is 10.2 Å². The fourth-order valence-corrected chi connectivity index (χ4v) is 2.05. The molecule has 1 rings (SSSR count). The van der Waals surface area contributed by atoms with Crippen LogP contribution in [0.2, 0.25) is 0 Å². The predicted molar refractivity (Wildman–Crippen MR) is 52.1 cm³/mol. The summed E-state index contributed by atoms with van der Waals surface area (Å²) in [4.78, 5) is 2.26. The zero-order valence-electron chi connectivity index (χ0n) is 8.21. The monoisotopic (exact) mass is 171 g/mol. The lowest BCUT2D eigenvalue weighted by Gasteiger charge is -2.34. The lowest BCUT2D eigenvalue weighted by Crippen LogP contribution is -2.45. The second kappa shape index (κ2) is 4.80. The van der Waals surface area contributed by atoms with Crippen LogP contribution in [0.3, 0.4) is 0 Å². The summed E-state index contributed by atoms with van der Waals surface area (Å²) in [5.74, 6) is 0.797. The summed E-state index contributed by atoms with van der Waals surface area (Å²) in [6.45, 7) is 3.11. The fourth-order valence-electron chi connectivity index (χ4n) is 2.05. The van der Waals surface area contributed by atoms with E-state index < -0.39 is 0 Å². The molecule has 12 heavy (non-hydrogen) atoms. The molecule has 1 atom stereocenters. The van der Waals surface area contributed by atoms with Crippen LogP contribution in [0.5, 0.6) is 0 Å². The molecule has 3 nitrogen and oxygen atoms in total. The topological polar surface area (TPSA) is 41.3 Å². The van der Waals surface area contributed by atoms with Crippen molar-refractivity contribution < 1.29 is 0 Å². The van der Waals surface area contributed by atoms with Gasteiger partial charge in [-0.05, 0) is 45.9 Å². The van der Waals surface area contributed by atoms with E-state index in [1.165, 1.54) is 12.8 Å². The van der Waals surface area contributed by atoms with Gasteiger partial charge >= 0.3 is 0 Å². The molecular weight excluding hydrogens is 150 g/mol. The van der Waals surface area contributed by atoms with Crippen molar-refractivity contribution in [2.45, 2.75) is 18.9 Å². The first kappa shape index (κ1) is 9.96. The standard InChI is InChI=1S/C9H21N3/c1-12(2)9(7-10)8-3-5-11-6-4-8/h8-9,11H,3-7,10H2,1-2H3. The Kier molecular flexibility index (Phi) is 3.98. The van der Waals surface area contributed by atoms with Gasteiger partial charge in [0.1, 0.15) is 0 Å². The van der Waals surface area contributed by atoms with Gasteiger partial charge in [-0.25, -0.2) is 0 Å². The lowest BCUT2D eigenvalue weighted by molar-refractivity contribution is 0.182. The van der Waals surface area contributed by atoms with Gasteiger partial charge in [0.2, 0.25) is 0 Å². The molecule has 0 aliphatic carbocycles. The van der Waals surface area contributed by atoms with E-state index in [9.17, 15) is 0 Å². The van der Waals surface area contributed by atoms with Crippen LogP contribution in [0.1, 0.15) is 12.8 Å². The summed E-state index contributed by atoms with van der Waals surface area (Å²) in [5, 5.41) is 3.37. The molecule has 1 aliphatic heterocycles. The molecule has 0 aromatic carbocycles. The number of hydrogen-bond donors (Lipinski definition) is 2. The van der Waals surface area contributed by atoms with Gasteiger partial charge in [-0.15, -0.1) is 0 Å². The normalized spacial score (nSPS) is 23.0. The van der Waals surface area contributed by atoms with Crippen molar-refractivity contribution in [3.8, 4) is 0 Å². The number of piperidine rings is 1. The highest BCUT2D eigenvalue weighted by Crippen LogP contribution is 2.18. The highest BCUT2D eigenvalue weighted by atomic mass is 15.1. The van der Waals surface area contributed by atoms with Crippen molar-refractivity contribution in [1.29, 1.82) is 0 Å². The van der Waals surface area contributed by atoms with Crippen LogP contribution >= 0.6 is 0 Å². The van der Waals surface area contributed by atoms with Gasteiger partial charge in [0.05, 0.1) is 0 Å². The summed E-state index contributed by atoms with van der Waals surface area (Å²) < 4.78 is 0. The third-order valence-corrected chi connectivity index (χ3v) is 2.83. The first-order valence-electron chi connectivity index (χ1n) is 4.83. The Morgan fingerprint density at radius 1 is 1.42 bits per heavy atom. The first-order chi connectivity index (χ1) is 5.75. The molecule has 0 amide bonds. The van der Waals surface area contributed by atoms with E-state index in [1.54, 1.807) is 0 Å². The number of rotatable bonds is 3. The molecule has 1 unspecified atom stereocenters. The Labute approximate surface area is 75.3 Å². The van der Waals surface area contributed by atoms with E-state index in [0.29, 0.717) is 6.04 Å². The van der Waals surface area contributed by atoms with Gasteiger partial charge in [0, 0.05) is 12.6 Å². The maximum atomic E-state index is 5.74. The molecule has 0 radical (unpaired) electrons. The number of nitrogens with one attached hydrogen (secondary N) is 1. The van der Waals surface area contributed by atoms with Crippen LogP contribution in [0.25, 0.3) is 0 Å². The van der Waals surface area contributed by atoms with E-state index >= 15 is 0 Å². The average molecular weight is 171 g/mol. The largest absolute Gasteiger partial charge is 0.329 e. The van der Waals surface area contributed by atoms with Crippen LogP contribution in [-0.4, -0.2) is 44.7 Å². The molecule has 0 saturated carbocycles. The Morgan fingerprint density at radius 3 is 2.42 bits per heavy atom. The number of nitrogens with zero attached hydrogens (tertiary/aromatic N) is 1. The van der Waals surface area contributed by atoms with Crippen LogP contribution in [0, 0.1) is 5.92 Å². The van der Waals surface area contributed by atoms with Crippen LogP contribution < -0.4 is 11.1 Å². The van der Waals surface area contributed by atoms with E-state index in [4.69, 9.17) is 5.73 Å². The van der Waals surface area contributed by atoms with Crippen LogP contribution in [0.4, 0.5) is 0 Å². The molecular formula is C9H21N3. The Hall–Kier alpha value is -0.120. The van der Waals surface area contributed by atoms with Crippen molar-refractivity contribution in [3.05, 3.63) is 0 Å². The Morgan fingerprint density at radius 2 is 2.00 bits per heavy atom. The molecule has 1 heterocycles. The van der Waals surface area contributed by atoms with Gasteiger partial charge < -0.3 is 16.0 Å². The van der Waals surface area contributed by atoms with Gasteiger partial charge in [0.15, 0.2) is 0 Å². The van der Waals surface area contributed by atoms with Gasteiger partial charge in [-0.3, -0.25) is 0 Å². The maximum absolute atomic E-state index is 5.74. The smallest absolute Gasteiger partial charge is 0.0241 e. The number of nitrogens with two attached hydrogens (primary N) is 1. The minimum Gasteiger partial charge on any atom is -0.329 e. The van der Waals surface area contributed by atoms with E-state index in [-0.39, 0.29) is 0 Å². The zero-order chi connectivity index (χ0) is 8.97. The predicted octanol–water partition coefficient (Wildman–Crippen LogP) is -0.125. The van der Waals surface area contributed by atoms with E-state index in [2.05, 4.69) is 24.3 Å². The molecule has 3 heteroatoms. The third kappa shape index (κ3) is 2.44. The SMILES string of the molecule is CN(C)C(CN)C1CCNCC1. The summed E-state index contributed by atoms with van der Waals surface area (Å²) >= 11 is 0. The average Bonchev–Trinajstić information content (AvgIpc) is 2.07. The van der Waals surface area contributed by atoms with Crippen LogP contribution in [0.15, 0.2) is 0 Å². The van der Waals surface area contributed by atoms with Gasteiger partial charge in [-0.1, -0.05) is 0 Å². The Balaban J connectivity index is 2.40. The molecule has 0 bridgehead atoms. The minimum atomic E-state index is 0.576. The van der Waals surface area contributed by atoms with Gasteiger partial charge in [0.25, 0.3) is 0 Å². The summed E-state index contributed by atoms with van der Waals surface area (Å²) in [6, 6.07) is 0.576. The second-order valence-electron chi connectivity index (χ2n) is 3.85.